The SMILES string of the molecule is CCCCNC(=O)C1CCN(C(=O)c2ncn3c2COC(c2ccc(F)cc2)C3)CC1. The Morgan fingerprint density at radius 1 is 1.23 bits per heavy atom. The maximum Gasteiger partial charge on any atom is 0.274 e. The van der Waals surface area contributed by atoms with Gasteiger partial charge in [0.05, 0.1) is 25.2 Å². The zero-order chi connectivity index (χ0) is 21.8. The number of hydrogen-bond acceptors (Lipinski definition) is 4. The topological polar surface area (TPSA) is 76.5 Å². The quantitative estimate of drug-likeness (QED) is 0.718. The minimum absolute atomic E-state index is 0.0309. The average molecular weight is 429 g/mol. The molecule has 2 amide bonds. The Kier molecular flexibility index (Phi) is 6.65. The van der Waals surface area contributed by atoms with E-state index in [9.17, 15) is 14.0 Å². The highest BCUT2D eigenvalue weighted by Gasteiger charge is 2.32. The van der Waals surface area contributed by atoms with Crippen LogP contribution in [0.5, 0.6) is 0 Å². The molecule has 0 spiro atoms. The second-order valence-corrected chi connectivity index (χ2v) is 8.25. The second kappa shape index (κ2) is 9.60. The summed E-state index contributed by atoms with van der Waals surface area (Å²) >= 11 is 0. The largest absolute Gasteiger partial charge is 0.365 e. The number of carbonyl (C=O) groups is 2. The first-order valence-corrected chi connectivity index (χ1v) is 11.0. The van der Waals surface area contributed by atoms with Crippen LogP contribution in [0.4, 0.5) is 4.39 Å². The maximum absolute atomic E-state index is 13.2. The molecule has 166 valence electrons. The maximum atomic E-state index is 13.2. The smallest absolute Gasteiger partial charge is 0.274 e. The third-order valence-electron chi connectivity index (χ3n) is 6.16. The van der Waals surface area contributed by atoms with E-state index in [1.807, 2.05) is 4.57 Å². The predicted molar refractivity (Wildman–Crippen MR) is 113 cm³/mol. The minimum Gasteiger partial charge on any atom is -0.365 e. The number of imidazole rings is 1. The number of benzene rings is 1. The summed E-state index contributed by atoms with van der Waals surface area (Å²) in [6.07, 6.45) is 4.85. The summed E-state index contributed by atoms with van der Waals surface area (Å²) in [4.78, 5) is 31.5. The summed E-state index contributed by atoms with van der Waals surface area (Å²) in [5, 5.41) is 2.99. The number of piperidine rings is 1. The van der Waals surface area contributed by atoms with Crippen molar-refractivity contribution in [2.24, 2.45) is 5.92 Å². The van der Waals surface area contributed by atoms with E-state index in [2.05, 4.69) is 17.2 Å². The van der Waals surface area contributed by atoms with Gasteiger partial charge in [-0.3, -0.25) is 9.59 Å². The van der Waals surface area contributed by atoms with Gasteiger partial charge in [-0.05, 0) is 37.0 Å². The van der Waals surface area contributed by atoms with E-state index in [4.69, 9.17) is 4.74 Å². The molecule has 1 N–H and O–H groups in total. The number of halogens is 1. The predicted octanol–water partition coefficient (Wildman–Crippen LogP) is 3.06. The lowest BCUT2D eigenvalue weighted by atomic mass is 9.95. The van der Waals surface area contributed by atoms with Crippen LogP contribution >= 0.6 is 0 Å². The van der Waals surface area contributed by atoms with Crippen molar-refractivity contribution in [1.82, 2.24) is 19.8 Å². The molecule has 0 aliphatic carbocycles. The number of carbonyl (C=O) groups excluding carboxylic acids is 2. The fraction of sp³-hybridized carbons (Fsp3) is 0.522. The molecule has 0 bridgehead atoms. The van der Waals surface area contributed by atoms with Gasteiger partial charge in [-0.1, -0.05) is 25.5 Å². The highest BCUT2D eigenvalue weighted by Crippen LogP contribution is 2.29. The Balaban J connectivity index is 1.35. The fourth-order valence-corrected chi connectivity index (χ4v) is 4.21. The first-order valence-electron chi connectivity index (χ1n) is 11.0. The summed E-state index contributed by atoms with van der Waals surface area (Å²) < 4.78 is 21.1. The van der Waals surface area contributed by atoms with Crippen molar-refractivity contribution < 1.29 is 18.7 Å². The van der Waals surface area contributed by atoms with Crippen LogP contribution in [0.1, 0.15) is 60.5 Å². The molecule has 7 nitrogen and oxygen atoms in total. The number of nitrogens with one attached hydrogen (secondary N) is 1. The van der Waals surface area contributed by atoms with Gasteiger partial charge < -0.3 is 19.5 Å². The lowest BCUT2D eigenvalue weighted by molar-refractivity contribution is -0.126. The van der Waals surface area contributed by atoms with Crippen molar-refractivity contribution in [2.45, 2.75) is 51.9 Å². The molecule has 8 heteroatoms. The lowest BCUT2D eigenvalue weighted by Crippen LogP contribution is -2.43. The Hall–Kier alpha value is -2.74. The molecule has 31 heavy (non-hydrogen) atoms. The molecule has 0 radical (unpaired) electrons. The highest BCUT2D eigenvalue weighted by atomic mass is 19.1. The summed E-state index contributed by atoms with van der Waals surface area (Å²) in [5.41, 5.74) is 2.08. The standard InChI is InChI=1S/C23H29FN4O3/c1-2-3-10-25-22(29)17-8-11-27(12-9-17)23(30)21-19-14-31-20(13-28(19)15-26-21)16-4-6-18(24)7-5-16/h4-7,15,17,20H,2-3,8-14H2,1H3,(H,25,29). The van der Waals surface area contributed by atoms with Crippen LogP contribution in [-0.4, -0.2) is 45.9 Å². The van der Waals surface area contributed by atoms with Crippen LogP contribution in [0.25, 0.3) is 0 Å². The zero-order valence-electron chi connectivity index (χ0n) is 17.8. The van der Waals surface area contributed by atoms with Gasteiger partial charge in [0.15, 0.2) is 5.69 Å². The van der Waals surface area contributed by atoms with Crippen LogP contribution in [-0.2, 0) is 22.7 Å². The molecule has 1 atom stereocenters. The van der Waals surface area contributed by atoms with Crippen LogP contribution in [0.15, 0.2) is 30.6 Å². The molecular weight excluding hydrogens is 399 g/mol. The first-order chi connectivity index (χ1) is 15.1. The summed E-state index contributed by atoms with van der Waals surface area (Å²) in [6, 6.07) is 6.28. The van der Waals surface area contributed by atoms with E-state index in [1.54, 1.807) is 23.4 Å². The third-order valence-corrected chi connectivity index (χ3v) is 6.16. The van der Waals surface area contributed by atoms with Gasteiger partial charge in [0.25, 0.3) is 5.91 Å². The third kappa shape index (κ3) is 4.79. The van der Waals surface area contributed by atoms with Crippen molar-refractivity contribution >= 4 is 11.8 Å². The number of fused-ring (bicyclic) bond motifs is 1. The van der Waals surface area contributed by atoms with Crippen molar-refractivity contribution in [2.75, 3.05) is 19.6 Å². The van der Waals surface area contributed by atoms with Gasteiger partial charge >= 0.3 is 0 Å². The molecule has 4 rings (SSSR count). The van der Waals surface area contributed by atoms with Crippen LogP contribution in [0.3, 0.4) is 0 Å². The number of likely N-dealkylation sites (tertiary alicyclic amines) is 1. The number of aromatic nitrogens is 2. The second-order valence-electron chi connectivity index (χ2n) is 8.25. The van der Waals surface area contributed by atoms with E-state index in [0.29, 0.717) is 44.7 Å². The zero-order valence-corrected chi connectivity index (χ0v) is 17.8. The monoisotopic (exact) mass is 428 g/mol. The molecule has 1 saturated heterocycles. The van der Waals surface area contributed by atoms with Gasteiger partial charge in [0.2, 0.25) is 5.91 Å². The van der Waals surface area contributed by atoms with Gasteiger partial charge in [-0.2, -0.15) is 0 Å². The van der Waals surface area contributed by atoms with E-state index in [-0.39, 0.29) is 36.3 Å². The normalized spacial score (nSPS) is 19.2. The van der Waals surface area contributed by atoms with E-state index in [1.165, 1.54) is 12.1 Å². The minimum atomic E-state index is -0.280. The van der Waals surface area contributed by atoms with Gasteiger partial charge in [-0.25, -0.2) is 9.37 Å². The van der Waals surface area contributed by atoms with Crippen LogP contribution in [0, 0.1) is 11.7 Å². The summed E-state index contributed by atoms with van der Waals surface area (Å²) in [7, 11) is 0. The number of hydrogen-bond donors (Lipinski definition) is 1. The van der Waals surface area contributed by atoms with Crippen molar-refractivity contribution in [3.63, 3.8) is 0 Å². The summed E-state index contributed by atoms with van der Waals surface area (Å²) in [6.45, 7) is 4.72. The first kappa shape index (κ1) is 21.5. The number of ether oxygens (including phenoxy) is 1. The Labute approximate surface area is 181 Å². The molecule has 0 saturated carbocycles. The van der Waals surface area contributed by atoms with E-state index >= 15 is 0 Å². The van der Waals surface area contributed by atoms with Gasteiger partial charge in [-0.15, -0.1) is 0 Å². The fourth-order valence-electron chi connectivity index (χ4n) is 4.21. The number of amides is 2. The molecule has 3 heterocycles. The lowest BCUT2D eigenvalue weighted by Gasteiger charge is -2.31. The molecule has 2 aliphatic rings. The van der Waals surface area contributed by atoms with Crippen LogP contribution in [0.2, 0.25) is 0 Å². The number of unbranched alkanes of at least 4 members (excludes halogenated alkanes) is 1. The molecule has 2 aliphatic heterocycles. The molecule has 1 fully saturated rings. The Morgan fingerprint density at radius 3 is 2.68 bits per heavy atom. The van der Waals surface area contributed by atoms with Crippen molar-refractivity contribution in [3.8, 4) is 0 Å². The number of rotatable bonds is 6. The van der Waals surface area contributed by atoms with Gasteiger partial charge in [0, 0.05) is 25.6 Å². The van der Waals surface area contributed by atoms with Crippen molar-refractivity contribution in [1.29, 1.82) is 0 Å². The average Bonchev–Trinajstić information content (AvgIpc) is 3.22. The Morgan fingerprint density at radius 2 is 1.97 bits per heavy atom. The van der Waals surface area contributed by atoms with Crippen LogP contribution < -0.4 is 5.32 Å². The number of nitrogens with zero attached hydrogens (tertiary/aromatic N) is 3. The van der Waals surface area contributed by atoms with Gasteiger partial charge in [0.1, 0.15) is 11.9 Å². The molecule has 2 aromatic rings. The van der Waals surface area contributed by atoms with E-state index < -0.39 is 0 Å². The van der Waals surface area contributed by atoms with E-state index in [0.717, 1.165) is 24.1 Å². The molecule has 1 aromatic heterocycles. The summed E-state index contributed by atoms with van der Waals surface area (Å²) in [5.74, 6) is -0.322. The molecular formula is C23H29FN4O3. The molecule has 1 unspecified atom stereocenters. The highest BCUT2D eigenvalue weighted by molar-refractivity contribution is 5.93. The van der Waals surface area contributed by atoms with Crippen molar-refractivity contribution in [3.05, 3.63) is 53.4 Å². The molecule has 1 aromatic carbocycles. The Bertz CT molecular complexity index is 919.